The van der Waals surface area contributed by atoms with E-state index >= 15 is 0 Å². The molecule has 0 bridgehead atoms. The average Bonchev–Trinajstić information content (AvgIpc) is 2.83. The van der Waals surface area contributed by atoms with Crippen molar-refractivity contribution in [2.75, 3.05) is 25.2 Å². The summed E-state index contributed by atoms with van der Waals surface area (Å²) in [7, 11) is 0. The molecular weight excluding hydrogens is 298 g/mol. The van der Waals surface area contributed by atoms with Gasteiger partial charge in [0.05, 0.1) is 11.8 Å². The normalized spacial score (nSPS) is 23.2. The van der Waals surface area contributed by atoms with Crippen molar-refractivity contribution in [3.05, 3.63) is 29.3 Å². The van der Waals surface area contributed by atoms with Crippen LogP contribution in [-0.2, 0) is 4.74 Å². The molecule has 2 fully saturated rings. The quantitative estimate of drug-likeness (QED) is 0.887. The highest BCUT2D eigenvalue weighted by atomic mass is 16.5. The van der Waals surface area contributed by atoms with Gasteiger partial charge in [-0.15, -0.1) is 0 Å². The van der Waals surface area contributed by atoms with E-state index in [1.54, 1.807) is 0 Å². The van der Waals surface area contributed by atoms with Gasteiger partial charge in [-0.2, -0.15) is 5.10 Å². The van der Waals surface area contributed by atoms with Crippen LogP contribution in [0.5, 0.6) is 0 Å². The molecule has 0 unspecified atom stereocenters. The molecule has 0 radical (unpaired) electrons. The summed E-state index contributed by atoms with van der Waals surface area (Å²) < 4.78 is 5.55. The zero-order chi connectivity index (χ0) is 16.4. The van der Waals surface area contributed by atoms with Gasteiger partial charge in [-0.1, -0.05) is 31.4 Å². The summed E-state index contributed by atoms with van der Waals surface area (Å²) in [6.07, 6.45) is 8.80. The van der Waals surface area contributed by atoms with Crippen LogP contribution < -0.4 is 5.32 Å². The maximum absolute atomic E-state index is 5.55. The summed E-state index contributed by atoms with van der Waals surface area (Å²) in [5.41, 5.74) is 5.21. The van der Waals surface area contributed by atoms with Gasteiger partial charge in [0, 0.05) is 30.4 Å². The van der Waals surface area contributed by atoms with Crippen LogP contribution in [0.1, 0.15) is 56.1 Å². The lowest BCUT2D eigenvalue weighted by Crippen LogP contribution is -2.39. The molecule has 0 aromatic heterocycles. The van der Waals surface area contributed by atoms with Gasteiger partial charge in [0.25, 0.3) is 0 Å². The topological polar surface area (TPSA) is 36.9 Å². The SMILES string of the molecule is Cc1ccc2c(c1)NCN(C1CCOCC1)N=C2C1CCCCC1. The van der Waals surface area contributed by atoms with Crippen molar-refractivity contribution >= 4 is 11.4 Å². The summed E-state index contributed by atoms with van der Waals surface area (Å²) in [6, 6.07) is 7.28. The second-order valence-corrected chi connectivity index (χ2v) is 7.49. The number of nitrogens with one attached hydrogen (secondary N) is 1. The highest BCUT2D eigenvalue weighted by Crippen LogP contribution is 2.33. The molecule has 2 aliphatic heterocycles. The standard InChI is InChI=1S/C20H29N3O/c1-15-7-8-18-19(13-15)21-14-23(17-9-11-24-12-10-17)22-20(18)16-5-3-2-4-6-16/h7-8,13,16-17,21H,2-6,9-12,14H2,1H3. The van der Waals surface area contributed by atoms with Crippen molar-refractivity contribution in [2.45, 2.75) is 57.9 Å². The fourth-order valence-corrected chi connectivity index (χ4v) is 4.29. The second-order valence-electron chi connectivity index (χ2n) is 7.49. The van der Waals surface area contributed by atoms with Gasteiger partial charge in [-0.25, -0.2) is 0 Å². The molecule has 1 aliphatic carbocycles. The summed E-state index contributed by atoms with van der Waals surface area (Å²) in [5, 5.41) is 11.2. The van der Waals surface area contributed by atoms with Crippen molar-refractivity contribution < 1.29 is 4.74 Å². The molecule has 4 nitrogen and oxygen atoms in total. The van der Waals surface area contributed by atoms with Gasteiger partial charge >= 0.3 is 0 Å². The van der Waals surface area contributed by atoms with Crippen molar-refractivity contribution in [3.63, 3.8) is 0 Å². The van der Waals surface area contributed by atoms with Gasteiger partial charge in [-0.3, -0.25) is 5.01 Å². The second kappa shape index (κ2) is 7.14. The molecule has 0 amide bonds. The molecule has 3 aliphatic rings. The Morgan fingerprint density at radius 3 is 2.67 bits per heavy atom. The van der Waals surface area contributed by atoms with Gasteiger partial charge in [-0.05, 0) is 44.2 Å². The monoisotopic (exact) mass is 327 g/mol. The van der Waals surface area contributed by atoms with Crippen LogP contribution in [0.25, 0.3) is 0 Å². The maximum Gasteiger partial charge on any atom is 0.105 e. The van der Waals surface area contributed by atoms with E-state index in [2.05, 4.69) is 35.4 Å². The Morgan fingerprint density at radius 2 is 1.88 bits per heavy atom. The Kier molecular flexibility index (Phi) is 4.74. The summed E-state index contributed by atoms with van der Waals surface area (Å²) in [6.45, 7) is 4.70. The number of aryl methyl sites for hydroxylation is 1. The largest absolute Gasteiger partial charge is 0.381 e. The Hall–Kier alpha value is -1.55. The van der Waals surface area contributed by atoms with Crippen molar-refractivity contribution in [1.82, 2.24) is 5.01 Å². The molecule has 1 saturated heterocycles. The number of ether oxygens (including phenoxy) is 1. The number of anilines is 1. The molecule has 1 saturated carbocycles. The van der Waals surface area contributed by atoms with E-state index in [0.717, 1.165) is 32.7 Å². The van der Waals surface area contributed by atoms with Crippen LogP contribution >= 0.6 is 0 Å². The Bertz CT molecular complexity index is 601. The number of hydrazone groups is 1. The van der Waals surface area contributed by atoms with Gasteiger partial charge < -0.3 is 10.1 Å². The number of nitrogens with zero attached hydrogens (tertiary/aromatic N) is 2. The van der Waals surface area contributed by atoms with E-state index in [9.17, 15) is 0 Å². The van der Waals surface area contributed by atoms with Crippen molar-refractivity contribution in [2.24, 2.45) is 11.0 Å². The summed E-state index contributed by atoms with van der Waals surface area (Å²) >= 11 is 0. The number of fused-ring (bicyclic) bond motifs is 1. The molecule has 24 heavy (non-hydrogen) atoms. The van der Waals surface area contributed by atoms with Gasteiger partial charge in [0.1, 0.15) is 6.67 Å². The van der Waals surface area contributed by atoms with Crippen LogP contribution in [-0.4, -0.2) is 36.6 Å². The minimum Gasteiger partial charge on any atom is -0.381 e. The zero-order valence-electron chi connectivity index (χ0n) is 14.8. The maximum atomic E-state index is 5.55. The number of benzene rings is 1. The molecule has 2 heterocycles. The van der Waals surface area contributed by atoms with Gasteiger partial charge in [0.2, 0.25) is 0 Å². The van der Waals surface area contributed by atoms with E-state index in [0.29, 0.717) is 12.0 Å². The smallest absolute Gasteiger partial charge is 0.105 e. The van der Waals surface area contributed by atoms with Crippen molar-refractivity contribution in [1.29, 1.82) is 0 Å². The fourth-order valence-electron chi connectivity index (χ4n) is 4.29. The molecule has 1 aromatic rings. The van der Waals surface area contributed by atoms with Crippen LogP contribution in [0.4, 0.5) is 5.69 Å². The third kappa shape index (κ3) is 3.30. The number of hydrogen-bond donors (Lipinski definition) is 1. The third-order valence-electron chi connectivity index (χ3n) is 5.72. The molecule has 4 rings (SSSR count). The third-order valence-corrected chi connectivity index (χ3v) is 5.72. The number of hydrogen-bond acceptors (Lipinski definition) is 4. The fraction of sp³-hybridized carbons (Fsp3) is 0.650. The summed E-state index contributed by atoms with van der Waals surface area (Å²) in [5.74, 6) is 0.613. The van der Waals surface area contributed by atoms with Gasteiger partial charge in [0.15, 0.2) is 0 Å². The van der Waals surface area contributed by atoms with E-state index in [1.165, 1.54) is 54.6 Å². The Morgan fingerprint density at radius 1 is 1.08 bits per heavy atom. The molecule has 0 atom stereocenters. The predicted molar refractivity (Wildman–Crippen MR) is 98.5 cm³/mol. The minimum absolute atomic E-state index is 0.500. The highest BCUT2D eigenvalue weighted by Gasteiger charge is 2.28. The van der Waals surface area contributed by atoms with E-state index in [1.807, 2.05) is 0 Å². The average molecular weight is 327 g/mol. The predicted octanol–water partition coefficient (Wildman–Crippen LogP) is 4.14. The lowest BCUT2D eigenvalue weighted by molar-refractivity contribution is 0.0375. The molecular formula is C20H29N3O. The van der Waals surface area contributed by atoms with Crippen LogP contribution in [0.2, 0.25) is 0 Å². The van der Waals surface area contributed by atoms with E-state index in [-0.39, 0.29) is 0 Å². The first kappa shape index (κ1) is 15.9. The van der Waals surface area contributed by atoms with Crippen LogP contribution in [0.15, 0.2) is 23.3 Å². The van der Waals surface area contributed by atoms with E-state index < -0.39 is 0 Å². The molecule has 1 N–H and O–H groups in total. The highest BCUT2D eigenvalue weighted by molar-refractivity contribution is 6.06. The number of rotatable bonds is 2. The molecule has 4 heteroatoms. The van der Waals surface area contributed by atoms with Crippen LogP contribution in [0.3, 0.4) is 0 Å². The van der Waals surface area contributed by atoms with Crippen molar-refractivity contribution in [3.8, 4) is 0 Å². The first-order valence-electron chi connectivity index (χ1n) is 9.59. The van der Waals surface area contributed by atoms with Crippen LogP contribution in [0, 0.1) is 12.8 Å². The zero-order valence-corrected chi connectivity index (χ0v) is 14.8. The minimum atomic E-state index is 0.500. The molecule has 130 valence electrons. The first-order chi connectivity index (χ1) is 11.8. The Balaban J connectivity index is 1.68. The lowest BCUT2D eigenvalue weighted by Gasteiger charge is -2.32. The molecule has 0 spiro atoms. The lowest BCUT2D eigenvalue weighted by atomic mass is 9.83. The van der Waals surface area contributed by atoms with E-state index in [4.69, 9.17) is 9.84 Å². The summed E-state index contributed by atoms with van der Waals surface area (Å²) in [4.78, 5) is 0. The molecule has 1 aromatic carbocycles. The first-order valence-corrected chi connectivity index (χ1v) is 9.59. The Labute approximate surface area is 145 Å².